The van der Waals surface area contributed by atoms with Crippen molar-refractivity contribution in [3.05, 3.63) is 58.4 Å². The molecule has 2 aromatic heterocycles. The largest absolute Gasteiger partial charge is 0.342 e. The maximum Gasteiger partial charge on any atom is 0.104 e. The molecule has 2 heterocycles. The molecule has 0 saturated carbocycles. The van der Waals surface area contributed by atoms with Gasteiger partial charge in [0, 0.05) is 0 Å². The molecular formula is C26H43N3S. The summed E-state index contributed by atoms with van der Waals surface area (Å²) in [7, 11) is 0. The Morgan fingerprint density at radius 1 is 0.633 bits per heavy atom. The molecule has 4 rings (SSSR count). The highest BCUT2D eigenvalue weighted by Crippen LogP contribution is 2.21. The molecule has 4 heteroatoms. The van der Waals surface area contributed by atoms with Gasteiger partial charge in [0.2, 0.25) is 0 Å². The summed E-state index contributed by atoms with van der Waals surface area (Å²) >= 11 is 1.75. The van der Waals surface area contributed by atoms with Gasteiger partial charge in [-0.1, -0.05) is 67.5 Å². The van der Waals surface area contributed by atoms with Gasteiger partial charge >= 0.3 is 0 Å². The fraction of sp³-hybridized carbons (Fsp3) is 0.462. The van der Waals surface area contributed by atoms with Crippen LogP contribution in [-0.4, -0.2) is 15.0 Å². The van der Waals surface area contributed by atoms with E-state index in [2.05, 4.69) is 59.1 Å². The van der Waals surface area contributed by atoms with Gasteiger partial charge in [-0.25, -0.2) is 9.97 Å². The van der Waals surface area contributed by atoms with E-state index < -0.39 is 0 Å². The first-order valence-electron chi connectivity index (χ1n) is 11.3. The van der Waals surface area contributed by atoms with Gasteiger partial charge in [-0.05, 0) is 63.1 Å². The van der Waals surface area contributed by atoms with E-state index in [9.17, 15) is 0 Å². The van der Waals surface area contributed by atoms with Crippen molar-refractivity contribution in [3.8, 4) is 0 Å². The van der Waals surface area contributed by atoms with Crippen molar-refractivity contribution in [2.45, 2.75) is 83.1 Å². The highest BCUT2D eigenvalue weighted by molar-refractivity contribution is 7.18. The highest BCUT2D eigenvalue weighted by Gasteiger charge is 1.98. The first-order chi connectivity index (χ1) is 14.5. The Kier molecular flexibility index (Phi) is 17.6. The Labute approximate surface area is 189 Å². The molecule has 3 nitrogen and oxygen atoms in total. The van der Waals surface area contributed by atoms with Gasteiger partial charge in [-0.15, -0.1) is 11.3 Å². The van der Waals surface area contributed by atoms with Crippen LogP contribution in [0.15, 0.2) is 36.4 Å². The van der Waals surface area contributed by atoms with E-state index in [-0.39, 0.29) is 0 Å². The van der Waals surface area contributed by atoms with Gasteiger partial charge in [-0.2, -0.15) is 0 Å². The van der Waals surface area contributed by atoms with Crippen LogP contribution in [0.2, 0.25) is 0 Å². The number of aromatic amines is 1. The molecule has 4 aromatic rings. The lowest BCUT2D eigenvalue weighted by Crippen LogP contribution is -1.71. The standard InChI is InChI=1S/C9H10N2.C9H9NS.4C2H6/c1-6-3-4-8-9(5-6)11-7(2)10-8;1-6-3-4-9-8(5-6)10-7(2)11-9;4*1-2/h3-5H,1-2H3,(H,10,11);3-5H,1-2H3;4*1-2H3. The lowest BCUT2D eigenvalue weighted by Gasteiger charge is -1.89. The van der Waals surface area contributed by atoms with Crippen molar-refractivity contribution in [2.75, 3.05) is 0 Å². The quantitative estimate of drug-likeness (QED) is 0.302. The van der Waals surface area contributed by atoms with E-state index in [0.717, 1.165) is 27.4 Å². The SMILES string of the molecule is CC.CC.CC.CC.Cc1ccc2nc(C)[nH]c2c1.Cc1ccc2sc(C)nc2c1. The highest BCUT2D eigenvalue weighted by atomic mass is 32.1. The number of aryl methyl sites for hydroxylation is 4. The van der Waals surface area contributed by atoms with Gasteiger partial charge in [0.05, 0.1) is 26.3 Å². The minimum atomic E-state index is 0.977. The molecule has 0 bridgehead atoms. The summed E-state index contributed by atoms with van der Waals surface area (Å²) in [6.45, 7) is 24.2. The zero-order valence-electron chi connectivity index (χ0n) is 21.3. The Bertz CT molecular complexity index is 858. The van der Waals surface area contributed by atoms with Crippen molar-refractivity contribution < 1.29 is 0 Å². The molecule has 0 amide bonds. The topological polar surface area (TPSA) is 41.6 Å². The number of H-pyrrole nitrogens is 1. The number of fused-ring (bicyclic) bond motifs is 2. The molecule has 0 radical (unpaired) electrons. The Balaban J connectivity index is 0. The summed E-state index contributed by atoms with van der Waals surface area (Å²) in [6, 6.07) is 12.6. The first kappa shape index (κ1) is 30.0. The van der Waals surface area contributed by atoms with E-state index >= 15 is 0 Å². The Morgan fingerprint density at radius 3 is 1.77 bits per heavy atom. The summed E-state index contributed by atoms with van der Waals surface area (Å²) in [5.41, 5.74) is 5.85. The predicted molar refractivity (Wildman–Crippen MR) is 140 cm³/mol. The lowest BCUT2D eigenvalue weighted by molar-refractivity contribution is 1.17. The van der Waals surface area contributed by atoms with Gasteiger partial charge in [0.15, 0.2) is 0 Å². The molecule has 0 spiro atoms. The van der Waals surface area contributed by atoms with E-state index in [4.69, 9.17) is 0 Å². The molecule has 0 unspecified atom stereocenters. The molecule has 30 heavy (non-hydrogen) atoms. The number of thiazole rings is 1. The van der Waals surface area contributed by atoms with Gasteiger partial charge < -0.3 is 4.98 Å². The molecule has 0 saturated heterocycles. The van der Waals surface area contributed by atoms with Gasteiger partial charge in [-0.3, -0.25) is 0 Å². The molecule has 0 aliphatic carbocycles. The average Bonchev–Trinajstić information content (AvgIpc) is 3.34. The normalized spacial score (nSPS) is 8.67. The van der Waals surface area contributed by atoms with Crippen molar-refractivity contribution in [2.24, 2.45) is 0 Å². The molecule has 0 aliphatic rings. The van der Waals surface area contributed by atoms with Crippen LogP contribution in [0.1, 0.15) is 77.3 Å². The zero-order valence-corrected chi connectivity index (χ0v) is 22.1. The second-order valence-electron chi connectivity index (χ2n) is 5.55. The number of rotatable bonds is 0. The monoisotopic (exact) mass is 429 g/mol. The Hall–Kier alpha value is -2.20. The van der Waals surface area contributed by atoms with E-state index in [1.54, 1.807) is 11.3 Å². The van der Waals surface area contributed by atoms with Crippen LogP contribution in [0.25, 0.3) is 21.3 Å². The van der Waals surface area contributed by atoms with Crippen molar-refractivity contribution in [1.29, 1.82) is 0 Å². The third-order valence-electron chi connectivity index (χ3n) is 3.41. The van der Waals surface area contributed by atoms with Crippen molar-refractivity contribution in [3.63, 3.8) is 0 Å². The number of hydrogen-bond acceptors (Lipinski definition) is 3. The molecule has 2 aromatic carbocycles. The third kappa shape index (κ3) is 10.0. The average molecular weight is 430 g/mol. The van der Waals surface area contributed by atoms with Crippen LogP contribution < -0.4 is 0 Å². The minimum absolute atomic E-state index is 0.977. The van der Waals surface area contributed by atoms with Crippen molar-refractivity contribution in [1.82, 2.24) is 15.0 Å². The second-order valence-corrected chi connectivity index (χ2v) is 6.78. The summed E-state index contributed by atoms with van der Waals surface area (Å²) in [4.78, 5) is 11.9. The van der Waals surface area contributed by atoms with Gasteiger partial charge in [0.25, 0.3) is 0 Å². The number of benzene rings is 2. The fourth-order valence-corrected chi connectivity index (χ4v) is 3.21. The number of imidazole rings is 1. The van der Waals surface area contributed by atoms with Crippen LogP contribution in [0, 0.1) is 27.7 Å². The summed E-state index contributed by atoms with van der Waals surface area (Å²) in [5, 5.41) is 1.14. The number of aromatic nitrogens is 3. The van der Waals surface area contributed by atoms with E-state index in [1.165, 1.54) is 15.8 Å². The number of nitrogens with one attached hydrogen (secondary N) is 1. The van der Waals surface area contributed by atoms with E-state index in [0.29, 0.717) is 0 Å². The minimum Gasteiger partial charge on any atom is -0.342 e. The maximum atomic E-state index is 4.39. The molecule has 0 aliphatic heterocycles. The number of nitrogens with zero attached hydrogens (tertiary/aromatic N) is 2. The zero-order chi connectivity index (χ0) is 23.7. The molecule has 0 fully saturated rings. The second kappa shape index (κ2) is 17.6. The third-order valence-corrected chi connectivity index (χ3v) is 4.36. The van der Waals surface area contributed by atoms with Crippen LogP contribution in [0.4, 0.5) is 0 Å². The molecular weight excluding hydrogens is 386 g/mol. The predicted octanol–water partition coefficient (Wildman–Crippen LogP) is 9.20. The van der Waals surface area contributed by atoms with Crippen LogP contribution in [-0.2, 0) is 0 Å². The first-order valence-corrected chi connectivity index (χ1v) is 12.1. The lowest BCUT2D eigenvalue weighted by atomic mass is 10.2. The van der Waals surface area contributed by atoms with Crippen LogP contribution in [0.5, 0.6) is 0 Å². The summed E-state index contributed by atoms with van der Waals surface area (Å²) in [5.74, 6) is 0.977. The van der Waals surface area contributed by atoms with Crippen molar-refractivity contribution >= 4 is 32.6 Å². The smallest absolute Gasteiger partial charge is 0.104 e. The summed E-state index contributed by atoms with van der Waals surface area (Å²) < 4.78 is 1.29. The van der Waals surface area contributed by atoms with E-state index in [1.807, 2.05) is 75.3 Å². The van der Waals surface area contributed by atoms with Gasteiger partial charge in [0.1, 0.15) is 5.82 Å². The van der Waals surface area contributed by atoms with Crippen LogP contribution >= 0.6 is 11.3 Å². The number of hydrogen-bond donors (Lipinski definition) is 1. The molecule has 168 valence electrons. The Morgan fingerprint density at radius 2 is 1.17 bits per heavy atom. The van der Waals surface area contributed by atoms with Crippen LogP contribution in [0.3, 0.4) is 0 Å². The molecule has 1 N–H and O–H groups in total. The summed E-state index contributed by atoms with van der Waals surface area (Å²) in [6.07, 6.45) is 0. The maximum absolute atomic E-state index is 4.39. The molecule has 0 atom stereocenters. The fourth-order valence-electron chi connectivity index (χ4n) is 2.40.